The van der Waals surface area contributed by atoms with Gasteiger partial charge in [-0.3, -0.25) is 9.59 Å². The Morgan fingerprint density at radius 2 is 1.94 bits per heavy atom. The molecule has 4 rings (SSSR count). The summed E-state index contributed by atoms with van der Waals surface area (Å²) in [6.07, 6.45) is 0.568. The van der Waals surface area contributed by atoms with Crippen LogP contribution in [0.4, 0.5) is 10.8 Å². The van der Waals surface area contributed by atoms with Gasteiger partial charge in [-0.1, -0.05) is 35.6 Å². The first kappa shape index (κ1) is 21.0. The van der Waals surface area contributed by atoms with Gasteiger partial charge in [0.25, 0.3) is 0 Å². The second-order valence-corrected chi connectivity index (χ2v) is 8.74. The SMILES string of the molecule is COc1ccccc1CC(=O)Nc1nnc(C2CC(=O)N(c3cc(C)cc(C)c3)C2)s1. The smallest absolute Gasteiger partial charge is 0.230 e. The highest BCUT2D eigenvalue weighted by Gasteiger charge is 2.34. The molecule has 1 aliphatic heterocycles. The van der Waals surface area contributed by atoms with E-state index in [1.165, 1.54) is 11.3 Å². The monoisotopic (exact) mass is 436 g/mol. The standard InChI is InChI=1S/C23H24N4O3S/c1-14-8-15(2)10-18(9-14)27-13-17(12-21(27)29)22-25-26-23(31-22)24-20(28)11-16-6-4-5-7-19(16)30-3/h4-10,17H,11-13H2,1-3H3,(H,24,26,28). The van der Waals surface area contributed by atoms with Crippen molar-refractivity contribution in [3.05, 3.63) is 64.2 Å². The zero-order valence-corrected chi connectivity index (χ0v) is 18.5. The Bertz CT molecular complexity index is 1110. The highest BCUT2D eigenvalue weighted by Crippen LogP contribution is 2.35. The molecule has 2 aromatic carbocycles. The minimum atomic E-state index is -0.188. The molecule has 1 saturated heterocycles. The molecule has 1 fully saturated rings. The molecule has 0 bridgehead atoms. The lowest BCUT2D eigenvalue weighted by Gasteiger charge is -2.17. The van der Waals surface area contributed by atoms with Gasteiger partial charge in [-0.2, -0.15) is 0 Å². The fourth-order valence-corrected chi connectivity index (χ4v) is 4.72. The molecule has 3 aromatic rings. The van der Waals surface area contributed by atoms with Crippen LogP contribution in [0.1, 0.15) is 34.0 Å². The molecule has 8 heteroatoms. The molecule has 7 nitrogen and oxygen atoms in total. The van der Waals surface area contributed by atoms with Crippen LogP contribution in [0, 0.1) is 13.8 Å². The topological polar surface area (TPSA) is 84.4 Å². The summed E-state index contributed by atoms with van der Waals surface area (Å²) in [6.45, 7) is 4.62. The third kappa shape index (κ3) is 4.74. The molecule has 1 unspecified atom stereocenters. The van der Waals surface area contributed by atoms with Crippen LogP contribution in [0.25, 0.3) is 0 Å². The predicted molar refractivity (Wildman–Crippen MR) is 121 cm³/mol. The number of ether oxygens (including phenoxy) is 1. The number of rotatable bonds is 6. The minimum absolute atomic E-state index is 0.0364. The third-order valence-electron chi connectivity index (χ3n) is 5.22. The number of aryl methyl sites for hydroxylation is 2. The summed E-state index contributed by atoms with van der Waals surface area (Å²) >= 11 is 1.32. The van der Waals surface area contributed by atoms with Gasteiger partial charge in [-0.15, -0.1) is 10.2 Å². The number of nitrogens with one attached hydrogen (secondary N) is 1. The van der Waals surface area contributed by atoms with Crippen molar-refractivity contribution < 1.29 is 14.3 Å². The molecule has 0 aliphatic carbocycles. The summed E-state index contributed by atoms with van der Waals surface area (Å²) in [5.41, 5.74) is 3.97. The van der Waals surface area contributed by atoms with Crippen LogP contribution in [0.3, 0.4) is 0 Å². The summed E-state index contributed by atoms with van der Waals surface area (Å²) in [7, 11) is 1.58. The maximum atomic E-state index is 12.6. The Kier molecular flexibility index (Phi) is 5.99. The number of nitrogens with zero attached hydrogens (tertiary/aromatic N) is 3. The van der Waals surface area contributed by atoms with Gasteiger partial charge < -0.3 is 15.0 Å². The molecule has 1 aliphatic rings. The summed E-state index contributed by atoms with van der Waals surface area (Å²) in [5.74, 6) is 0.524. The maximum absolute atomic E-state index is 12.6. The van der Waals surface area contributed by atoms with Crippen molar-refractivity contribution in [2.75, 3.05) is 23.9 Å². The second kappa shape index (κ2) is 8.85. The zero-order chi connectivity index (χ0) is 22.0. The van der Waals surface area contributed by atoms with E-state index < -0.39 is 0 Å². The van der Waals surface area contributed by atoms with Gasteiger partial charge in [-0.05, 0) is 43.2 Å². The zero-order valence-electron chi connectivity index (χ0n) is 17.7. The largest absolute Gasteiger partial charge is 0.496 e. The van der Waals surface area contributed by atoms with E-state index in [0.29, 0.717) is 23.8 Å². The molecule has 160 valence electrons. The molecule has 0 radical (unpaired) electrons. The average Bonchev–Trinajstić information content (AvgIpc) is 3.34. The minimum Gasteiger partial charge on any atom is -0.496 e. The molecule has 31 heavy (non-hydrogen) atoms. The first-order valence-electron chi connectivity index (χ1n) is 10.1. The van der Waals surface area contributed by atoms with E-state index >= 15 is 0 Å². The molecule has 1 N–H and O–H groups in total. The lowest BCUT2D eigenvalue weighted by molar-refractivity contribution is -0.117. The summed E-state index contributed by atoms with van der Waals surface area (Å²) in [4.78, 5) is 26.9. The van der Waals surface area contributed by atoms with Crippen LogP contribution in [0.5, 0.6) is 5.75 Å². The first-order chi connectivity index (χ1) is 14.9. The Morgan fingerprint density at radius 3 is 2.68 bits per heavy atom. The van der Waals surface area contributed by atoms with Crippen molar-refractivity contribution in [3.8, 4) is 5.75 Å². The number of carbonyl (C=O) groups excluding carboxylic acids is 2. The van der Waals surface area contributed by atoms with Crippen molar-refractivity contribution in [3.63, 3.8) is 0 Å². The number of para-hydroxylation sites is 1. The average molecular weight is 437 g/mol. The summed E-state index contributed by atoms with van der Waals surface area (Å²) in [5, 5.41) is 12.4. The predicted octanol–water partition coefficient (Wildman–Crippen LogP) is 3.87. The van der Waals surface area contributed by atoms with Crippen molar-refractivity contribution in [1.29, 1.82) is 0 Å². The highest BCUT2D eigenvalue weighted by molar-refractivity contribution is 7.15. The number of hydrogen-bond acceptors (Lipinski definition) is 6. The maximum Gasteiger partial charge on any atom is 0.230 e. The molecule has 0 spiro atoms. The third-order valence-corrected chi connectivity index (χ3v) is 6.22. The molecule has 0 saturated carbocycles. The Morgan fingerprint density at radius 1 is 1.19 bits per heavy atom. The lowest BCUT2D eigenvalue weighted by atomic mass is 10.1. The molecular weight excluding hydrogens is 412 g/mol. The molecular formula is C23H24N4O3S. The van der Waals surface area contributed by atoms with Gasteiger partial charge >= 0.3 is 0 Å². The van der Waals surface area contributed by atoms with E-state index in [2.05, 4.69) is 21.6 Å². The Balaban J connectivity index is 1.42. The van der Waals surface area contributed by atoms with Gasteiger partial charge in [0.1, 0.15) is 10.8 Å². The number of anilines is 2. The molecule has 1 aromatic heterocycles. The van der Waals surface area contributed by atoms with Crippen molar-refractivity contribution in [2.45, 2.75) is 32.6 Å². The number of benzene rings is 2. The van der Waals surface area contributed by atoms with Gasteiger partial charge in [0.05, 0.1) is 13.5 Å². The van der Waals surface area contributed by atoms with Gasteiger partial charge in [0.15, 0.2) is 0 Å². The number of hydrogen-bond donors (Lipinski definition) is 1. The van der Waals surface area contributed by atoms with Crippen molar-refractivity contribution in [1.82, 2.24) is 10.2 Å². The van der Waals surface area contributed by atoms with E-state index in [0.717, 1.165) is 27.4 Å². The van der Waals surface area contributed by atoms with Crippen LogP contribution in [0.15, 0.2) is 42.5 Å². The van der Waals surface area contributed by atoms with Crippen LogP contribution >= 0.6 is 11.3 Å². The van der Waals surface area contributed by atoms with Crippen molar-refractivity contribution >= 4 is 34.0 Å². The lowest BCUT2D eigenvalue weighted by Crippen LogP contribution is -2.24. The highest BCUT2D eigenvalue weighted by atomic mass is 32.1. The quantitative estimate of drug-likeness (QED) is 0.634. The van der Waals surface area contributed by atoms with E-state index in [1.807, 2.05) is 55.1 Å². The van der Waals surface area contributed by atoms with Gasteiger partial charge in [-0.25, -0.2) is 0 Å². The van der Waals surface area contributed by atoms with Crippen LogP contribution < -0.4 is 15.0 Å². The summed E-state index contributed by atoms with van der Waals surface area (Å²) < 4.78 is 5.30. The first-order valence-corrected chi connectivity index (χ1v) is 10.9. The second-order valence-electron chi connectivity index (χ2n) is 7.73. The molecule has 1 atom stereocenters. The Hall–Kier alpha value is -3.26. The fraction of sp³-hybridized carbons (Fsp3) is 0.304. The Labute approximate surface area is 185 Å². The van der Waals surface area contributed by atoms with E-state index in [-0.39, 0.29) is 24.2 Å². The number of amides is 2. The van der Waals surface area contributed by atoms with Crippen LogP contribution in [0.2, 0.25) is 0 Å². The van der Waals surface area contributed by atoms with E-state index in [1.54, 1.807) is 7.11 Å². The van der Waals surface area contributed by atoms with E-state index in [9.17, 15) is 9.59 Å². The number of aromatic nitrogens is 2. The number of methoxy groups -OCH3 is 1. The molecule has 2 heterocycles. The summed E-state index contributed by atoms with van der Waals surface area (Å²) in [6, 6.07) is 13.5. The fourth-order valence-electron chi connectivity index (χ4n) is 3.86. The van der Waals surface area contributed by atoms with Crippen molar-refractivity contribution in [2.24, 2.45) is 0 Å². The van der Waals surface area contributed by atoms with Gasteiger partial charge in [0, 0.05) is 30.1 Å². The van der Waals surface area contributed by atoms with Gasteiger partial charge in [0.2, 0.25) is 16.9 Å². The molecule has 2 amide bonds. The van der Waals surface area contributed by atoms with Crippen LogP contribution in [-0.2, 0) is 16.0 Å². The van der Waals surface area contributed by atoms with Crippen LogP contribution in [-0.4, -0.2) is 35.7 Å². The normalized spacial score (nSPS) is 15.9. The number of carbonyl (C=O) groups is 2. The van der Waals surface area contributed by atoms with E-state index in [4.69, 9.17) is 4.74 Å².